The Hall–Kier alpha value is -3.48. The molecule has 0 fully saturated rings. The first-order valence-electron chi connectivity index (χ1n) is 8.45. The van der Waals surface area contributed by atoms with Crippen LogP contribution in [-0.4, -0.2) is 25.7 Å². The van der Waals surface area contributed by atoms with Crippen molar-refractivity contribution in [1.29, 1.82) is 0 Å². The van der Waals surface area contributed by atoms with Crippen molar-refractivity contribution in [1.82, 2.24) is 19.9 Å². The zero-order valence-electron chi connectivity index (χ0n) is 15.3. The van der Waals surface area contributed by atoms with Gasteiger partial charge in [0.1, 0.15) is 10.7 Å². The van der Waals surface area contributed by atoms with Crippen molar-refractivity contribution in [3.63, 3.8) is 0 Å². The van der Waals surface area contributed by atoms with Gasteiger partial charge in [-0.15, -0.1) is 0 Å². The maximum Gasteiger partial charge on any atom is 0.272 e. The number of hydrogen-bond acceptors (Lipinski definition) is 4. The number of aromatic amines is 3. The summed E-state index contributed by atoms with van der Waals surface area (Å²) in [7, 11) is 0. The summed E-state index contributed by atoms with van der Waals surface area (Å²) >= 11 is 0. The van der Waals surface area contributed by atoms with Gasteiger partial charge < -0.3 is 15.0 Å². The van der Waals surface area contributed by atoms with Gasteiger partial charge in [0.15, 0.2) is 5.78 Å². The highest BCUT2D eigenvalue weighted by atomic mass is 16.1. The van der Waals surface area contributed by atoms with Crippen molar-refractivity contribution in [2.24, 2.45) is 0 Å². The largest absolute Gasteiger partial charge is 0.348 e. The van der Waals surface area contributed by atoms with Gasteiger partial charge in [0.2, 0.25) is 0 Å². The van der Waals surface area contributed by atoms with Crippen molar-refractivity contribution in [3.8, 4) is 0 Å². The number of hydrogen-bond donors (Lipinski definition) is 3. The van der Waals surface area contributed by atoms with Gasteiger partial charge in [0.05, 0.1) is 12.0 Å². The zero-order chi connectivity index (χ0) is 19.6. The topological polar surface area (TPSA) is 111 Å². The van der Waals surface area contributed by atoms with Crippen LogP contribution in [0.5, 0.6) is 0 Å². The SMILES string of the molecule is CC(C)(C)c1[nH]cnc1/C=c1\[nH]c(=O)/c(=C/C(=O)c2ccccc2)[nH]c1=O. The molecule has 0 bridgehead atoms. The summed E-state index contributed by atoms with van der Waals surface area (Å²) in [6, 6.07) is 8.51. The normalized spacial score (nSPS) is 13.1. The first-order chi connectivity index (χ1) is 12.8. The van der Waals surface area contributed by atoms with Crippen LogP contribution in [0, 0.1) is 0 Å². The molecule has 0 atom stereocenters. The molecule has 0 saturated carbocycles. The minimum atomic E-state index is -0.557. The Bertz CT molecular complexity index is 1210. The standard InChI is InChI=1S/C20H20N4O3/c1-20(2,3)17-13(21-11-22-17)9-14-18(26)24-15(19(27)23-14)10-16(25)12-7-5-4-6-8-12/h4-11H,1-3H3,(H,21,22)(H,23,27)(H,24,26)/b14-9-,15-10-. The molecule has 0 aliphatic heterocycles. The van der Waals surface area contributed by atoms with Crippen LogP contribution >= 0.6 is 0 Å². The summed E-state index contributed by atoms with van der Waals surface area (Å²) in [4.78, 5) is 49.2. The Kier molecular flexibility index (Phi) is 4.77. The maximum atomic E-state index is 12.4. The van der Waals surface area contributed by atoms with Gasteiger partial charge in [0.25, 0.3) is 11.1 Å². The molecule has 7 nitrogen and oxygen atoms in total. The van der Waals surface area contributed by atoms with E-state index in [1.54, 1.807) is 36.7 Å². The van der Waals surface area contributed by atoms with Crippen molar-refractivity contribution in [2.45, 2.75) is 26.2 Å². The van der Waals surface area contributed by atoms with E-state index in [0.29, 0.717) is 11.3 Å². The number of aromatic nitrogens is 4. The molecule has 27 heavy (non-hydrogen) atoms. The van der Waals surface area contributed by atoms with Gasteiger partial charge in [-0.3, -0.25) is 14.4 Å². The minimum absolute atomic E-state index is 0.0712. The number of carbonyl (C=O) groups is 1. The Labute approximate surface area is 154 Å². The Morgan fingerprint density at radius 1 is 1.00 bits per heavy atom. The number of nitrogens with zero attached hydrogens (tertiary/aromatic N) is 1. The summed E-state index contributed by atoms with van der Waals surface area (Å²) in [5.74, 6) is -0.365. The Balaban J connectivity index is 2.08. The molecular weight excluding hydrogens is 344 g/mol. The first kappa shape index (κ1) is 18.3. The van der Waals surface area contributed by atoms with E-state index < -0.39 is 11.1 Å². The smallest absolute Gasteiger partial charge is 0.272 e. The molecule has 0 radical (unpaired) electrons. The second-order valence-corrected chi connectivity index (χ2v) is 7.17. The van der Waals surface area contributed by atoms with Gasteiger partial charge in [-0.25, -0.2) is 4.98 Å². The van der Waals surface area contributed by atoms with Gasteiger partial charge in [-0.2, -0.15) is 0 Å². The van der Waals surface area contributed by atoms with E-state index in [-0.39, 0.29) is 21.9 Å². The predicted octanol–water partition coefficient (Wildman–Crippen LogP) is 0.576. The lowest BCUT2D eigenvalue weighted by atomic mass is 9.90. The van der Waals surface area contributed by atoms with E-state index >= 15 is 0 Å². The molecule has 2 aromatic heterocycles. The fourth-order valence-corrected chi connectivity index (χ4v) is 2.66. The maximum absolute atomic E-state index is 12.4. The number of carbonyl (C=O) groups excluding carboxylic acids is 1. The number of benzene rings is 1. The molecule has 7 heteroatoms. The average molecular weight is 364 g/mol. The van der Waals surface area contributed by atoms with Crippen LogP contribution < -0.4 is 21.8 Å². The molecule has 0 spiro atoms. The highest BCUT2D eigenvalue weighted by Crippen LogP contribution is 2.22. The van der Waals surface area contributed by atoms with Gasteiger partial charge in [-0.1, -0.05) is 51.1 Å². The van der Waals surface area contributed by atoms with E-state index in [1.807, 2.05) is 20.8 Å². The molecule has 138 valence electrons. The van der Waals surface area contributed by atoms with Crippen LogP contribution in [0.15, 0.2) is 46.2 Å². The van der Waals surface area contributed by atoms with Crippen LogP contribution in [0.4, 0.5) is 0 Å². The second kappa shape index (κ2) is 7.03. The van der Waals surface area contributed by atoms with Crippen molar-refractivity contribution in [3.05, 3.63) is 85.0 Å². The van der Waals surface area contributed by atoms with Crippen LogP contribution in [-0.2, 0) is 5.41 Å². The van der Waals surface area contributed by atoms with Crippen LogP contribution in [0.2, 0.25) is 0 Å². The first-order valence-corrected chi connectivity index (χ1v) is 8.45. The van der Waals surface area contributed by atoms with E-state index in [1.165, 1.54) is 6.08 Å². The molecule has 3 N–H and O–H groups in total. The lowest BCUT2D eigenvalue weighted by Crippen LogP contribution is -2.47. The van der Waals surface area contributed by atoms with E-state index in [9.17, 15) is 14.4 Å². The van der Waals surface area contributed by atoms with E-state index in [0.717, 1.165) is 11.8 Å². The summed E-state index contributed by atoms with van der Waals surface area (Å²) in [6.07, 6.45) is 4.17. The van der Waals surface area contributed by atoms with Crippen molar-refractivity contribution < 1.29 is 4.79 Å². The van der Waals surface area contributed by atoms with Crippen molar-refractivity contribution >= 4 is 17.9 Å². The molecule has 0 unspecified atom stereocenters. The number of imidazole rings is 1. The van der Waals surface area contributed by atoms with Gasteiger partial charge in [0, 0.05) is 22.7 Å². The summed E-state index contributed by atoms with van der Waals surface area (Å²) in [5.41, 5.74) is 0.575. The highest BCUT2D eigenvalue weighted by molar-refractivity contribution is 6.16. The molecule has 3 rings (SSSR count). The van der Waals surface area contributed by atoms with Gasteiger partial charge >= 0.3 is 0 Å². The number of ketones is 1. The molecule has 0 amide bonds. The van der Waals surface area contributed by atoms with E-state index in [2.05, 4.69) is 19.9 Å². The lowest BCUT2D eigenvalue weighted by Gasteiger charge is -2.16. The number of Topliss-reactive ketones (excluding diaryl/α,β-unsaturated/α-hetero) is 1. The average Bonchev–Trinajstić information content (AvgIpc) is 3.08. The molecule has 0 saturated heterocycles. The molecular formula is C20H20N4O3. The third-order valence-corrected chi connectivity index (χ3v) is 4.02. The fraction of sp³-hybridized carbons (Fsp3) is 0.200. The molecule has 2 heterocycles. The predicted molar refractivity (Wildman–Crippen MR) is 103 cm³/mol. The fourth-order valence-electron chi connectivity index (χ4n) is 2.66. The lowest BCUT2D eigenvalue weighted by molar-refractivity contribution is 0.106. The summed E-state index contributed by atoms with van der Waals surface area (Å²) < 4.78 is 0. The minimum Gasteiger partial charge on any atom is -0.348 e. The number of nitrogens with one attached hydrogen (secondary N) is 3. The second-order valence-electron chi connectivity index (χ2n) is 7.17. The van der Waals surface area contributed by atoms with Crippen LogP contribution in [0.25, 0.3) is 12.2 Å². The third kappa shape index (κ3) is 4.03. The zero-order valence-corrected chi connectivity index (χ0v) is 15.3. The summed E-state index contributed by atoms with van der Waals surface area (Å²) in [5, 5.41) is -0.0222. The highest BCUT2D eigenvalue weighted by Gasteiger charge is 2.19. The van der Waals surface area contributed by atoms with Gasteiger partial charge in [-0.05, 0) is 6.08 Å². The molecule has 1 aromatic carbocycles. The number of H-pyrrole nitrogens is 3. The summed E-state index contributed by atoms with van der Waals surface area (Å²) in [6.45, 7) is 6.04. The van der Waals surface area contributed by atoms with E-state index in [4.69, 9.17) is 0 Å². The van der Waals surface area contributed by atoms with Crippen LogP contribution in [0.3, 0.4) is 0 Å². The third-order valence-electron chi connectivity index (χ3n) is 4.02. The Morgan fingerprint density at radius 3 is 2.30 bits per heavy atom. The van der Waals surface area contributed by atoms with Crippen molar-refractivity contribution in [2.75, 3.05) is 0 Å². The monoisotopic (exact) mass is 364 g/mol. The number of rotatable bonds is 3. The molecule has 3 aromatic rings. The molecule has 0 aliphatic rings. The quantitative estimate of drug-likeness (QED) is 0.590. The van der Waals surface area contributed by atoms with Crippen LogP contribution in [0.1, 0.15) is 42.5 Å². The molecule has 0 aliphatic carbocycles. The Morgan fingerprint density at radius 2 is 1.63 bits per heavy atom.